The van der Waals surface area contributed by atoms with Crippen LogP contribution in [0.1, 0.15) is 97.8 Å². The summed E-state index contributed by atoms with van der Waals surface area (Å²) < 4.78 is 5.42. The Labute approximate surface area is 150 Å². The molecule has 4 nitrogen and oxygen atoms in total. The Hall–Kier alpha value is -0.610. The predicted octanol–water partition coefficient (Wildman–Crippen LogP) is 3.47. The van der Waals surface area contributed by atoms with Gasteiger partial charge in [-0.1, -0.05) is 65.7 Å². The highest BCUT2D eigenvalue weighted by molar-refractivity contribution is 5.69. The second kappa shape index (κ2) is 17.2. The van der Waals surface area contributed by atoms with Gasteiger partial charge in [0, 0.05) is 6.42 Å². The van der Waals surface area contributed by atoms with E-state index in [1.54, 1.807) is 0 Å². The molecule has 0 spiro atoms. The average molecular weight is 345 g/mol. The number of carbonyl (C=O) groups is 1. The Morgan fingerprint density at radius 3 is 2.04 bits per heavy atom. The monoisotopic (exact) mass is 344 g/mol. The van der Waals surface area contributed by atoms with Crippen molar-refractivity contribution in [2.24, 2.45) is 0 Å². The first-order valence-electron chi connectivity index (χ1n) is 10.3. The Balaban J connectivity index is 3.77. The minimum atomic E-state index is -0.359. The summed E-state index contributed by atoms with van der Waals surface area (Å²) in [5.41, 5.74) is 0. The molecule has 0 radical (unpaired) electrons. The molecule has 0 aliphatic rings. The molecule has 0 heterocycles. The smallest absolute Gasteiger partial charge is 0.310 e. The molecule has 0 aliphatic heterocycles. The quantitative estimate of drug-likeness (QED) is 0.241. The van der Waals surface area contributed by atoms with E-state index >= 15 is 0 Å². The number of hydrogen-bond donors (Lipinski definition) is 2. The maximum Gasteiger partial charge on any atom is 0.310 e. The topological polar surface area (TPSA) is 51.0 Å². The van der Waals surface area contributed by atoms with E-state index in [0.29, 0.717) is 19.6 Å². The number of aliphatic hydroxyl groups is 1. The standard InChI is InChI=1S/C20H41NO3/c1-4-7-10-11-12-13-19(22)14-15-20(23)24-18-21(16-8-5-2)17-9-6-3/h19,22H,4-18H2,1-3H3/p+1. The van der Waals surface area contributed by atoms with Gasteiger partial charge in [0.05, 0.1) is 19.2 Å². The lowest BCUT2D eigenvalue weighted by atomic mass is 10.1. The summed E-state index contributed by atoms with van der Waals surface area (Å²) in [6.45, 7) is 9.20. The summed E-state index contributed by atoms with van der Waals surface area (Å²) in [6.07, 6.45) is 12.0. The van der Waals surface area contributed by atoms with Gasteiger partial charge in [-0.15, -0.1) is 0 Å². The highest BCUT2D eigenvalue weighted by atomic mass is 16.5. The van der Waals surface area contributed by atoms with Crippen LogP contribution in [0, 0.1) is 0 Å². The van der Waals surface area contributed by atoms with Crippen LogP contribution in [0.15, 0.2) is 0 Å². The van der Waals surface area contributed by atoms with Crippen LogP contribution in [0.3, 0.4) is 0 Å². The van der Waals surface area contributed by atoms with Gasteiger partial charge in [0.25, 0.3) is 0 Å². The van der Waals surface area contributed by atoms with E-state index in [1.165, 1.54) is 56.3 Å². The van der Waals surface area contributed by atoms with Gasteiger partial charge in [-0.05, 0) is 25.7 Å². The van der Waals surface area contributed by atoms with E-state index in [2.05, 4.69) is 20.8 Å². The van der Waals surface area contributed by atoms with Crippen LogP contribution in [0.4, 0.5) is 0 Å². The third kappa shape index (κ3) is 14.9. The molecule has 0 aromatic rings. The van der Waals surface area contributed by atoms with Crippen molar-refractivity contribution in [2.45, 2.75) is 104 Å². The van der Waals surface area contributed by atoms with Crippen molar-refractivity contribution < 1.29 is 19.5 Å². The molecule has 0 saturated heterocycles. The molecular formula is C20H42NO3+. The van der Waals surface area contributed by atoms with Crippen molar-refractivity contribution in [2.75, 3.05) is 19.8 Å². The predicted molar refractivity (Wildman–Crippen MR) is 100 cm³/mol. The van der Waals surface area contributed by atoms with Gasteiger partial charge in [-0.3, -0.25) is 4.79 Å². The minimum absolute atomic E-state index is 0.162. The number of quaternary nitrogens is 1. The molecule has 0 fully saturated rings. The van der Waals surface area contributed by atoms with Gasteiger partial charge in [0.15, 0.2) is 0 Å². The summed E-state index contributed by atoms with van der Waals surface area (Å²) in [4.78, 5) is 13.2. The fraction of sp³-hybridized carbons (Fsp3) is 0.950. The van der Waals surface area contributed by atoms with Crippen LogP contribution in [-0.2, 0) is 9.53 Å². The van der Waals surface area contributed by atoms with Crippen LogP contribution in [0.5, 0.6) is 0 Å². The number of nitrogens with one attached hydrogen (secondary N) is 1. The van der Waals surface area contributed by atoms with E-state index in [9.17, 15) is 9.90 Å². The molecule has 144 valence electrons. The van der Waals surface area contributed by atoms with E-state index in [-0.39, 0.29) is 12.1 Å². The molecule has 0 bridgehead atoms. The normalized spacial score (nSPS) is 12.5. The van der Waals surface area contributed by atoms with Crippen molar-refractivity contribution in [1.29, 1.82) is 0 Å². The first-order valence-corrected chi connectivity index (χ1v) is 10.3. The molecule has 2 N–H and O–H groups in total. The van der Waals surface area contributed by atoms with Crippen LogP contribution in [0.25, 0.3) is 0 Å². The Kier molecular flexibility index (Phi) is 16.8. The number of rotatable bonds is 17. The van der Waals surface area contributed by atoms with Gasteiger partial charge < -0.3 is 14.7 Å². The fourth-order valence-corrected chi connectivity index (χ4v) is 2.79. The number of aliphatic hydroxyl groups excluding tert-OH is 1. The number of carbonyl (C=O) groups excluding carboxylic acids is 1. The highest BCUT2D eigenvalue weighted by Crippen LogP contribution is 2.10. The van der Waals surface area contributed by atoms with Crippen molar-refractivity contribution in [3.8, 4) is 0 Å². The van der Waals surface area contributed by atoms with E-state index in [1.807, 2.05) is 0 Å². The Bertz CT molecular complexity index is 276. The van der Waals surface area contributed by atoms with E-state index in [4.69, 9.17) is 4.74 Å². The lowest BCUT2D eigenvalue weighted by molar-refractivity contribution is -0.917. The molecule has 1 atom stereocenters. The van der Waals surface area contributed by atoms with E-state index < -0.39 is 0 Å². The lowest BCUT2D eigenvalue weighted by Gasteiger charge is -2.19. The van der Waals surface area contributed by atoms with Crippen molar-refractivity contribution >= 4 is 5.97 Å². The van der Waals surface area contributed by atoms with Crippen molar-refractivity contribution in [1.82, 2.24) is 0 Å². The van der Waals surface area contributed by atoms with Crippen molar-refractivity contribution in [3.63, 3.8) is 0 Å². The van der Waals surface area contributed by atoms with Gasteiger partial charge in [0.2, 0.25) is 6.73 Å². The average Bonchev–Trinajstić information content (AvgIpc) is 2.59. The summed E-state index contributed by atoms with van der Waals surface area (Å²) in [7, 11) is 0. The zero-order chi connectivity index (χ0) is 18.0. The van der Waals surface area contributed by atoms with Crippen LogP contribution < -0.4 is 4.90 Å². The first kappa shape index (κ1) is 23.4. The Morgan fingerprint density at radius 2 is 1.46 bits per heavy atom. The molecule has 0 aliphatic carbocycles. The Morgan fingerprint density at radius 1 is 0.875 bits per heavy atom. The molecule has 0 aromatic carbocycles. The number of unbranched alkanes of at least 4 members (excludes halogenated alkanes) is 6. The largest absolute Gasteiger partial charge is 0.415 e. The minimum Gasteiger partial charge on any atom is -0.415 e. The zero-order valence-electron chi connectivity index (χ0n) is 16.4. The van der Waals surface area contributed by atoms with Crippen LogP contribution >= 0.6 is 0 Å². The summed E-state index contributed by atoms with van der Waals surface area (Å²) >= 11 is 0. The zero-order valence-corrected chi connectivity index (χ0v) is 16.4. The molecule has 0 saturated carbocycles. The summed E-state index contributed by atoms with van der Waals surface area (Å²) in [5, 5.41) is 9.95. The number of ether oxygens (including phenoxy) is 1. The van der Waals surface area contributed by atoms with Gasteiger partial charge in [0.1, 0.15) is 0 Å². The molecule has 0 amide bonds. The highest BCUT2D eigenvalue weighted by Gasteiger charge is 2.13. The molecule has 24 heavy (non-hydrogen) atoms. The third-order valence-corrected chi connectivity index (χ3v) is 4.53. The van der Waals surface area contributed by atoms with Crippen molar-refractivity contribution in [3.05, 3.63) is 0 Å². The molecule has 4 heteroatoms. The fourth-order valence-electron chi connectivity index (χ4n) is 2.79. The number of hydrogen-bond acceptors (Lipinski definition) is 3. The second-order valence-electron chi connectivity index (χ2n) is 7.01. The molecule has 0 rings (SSSR count). The van der Waals surface area contributed by atoms with Gasteiger partial charge in [-0.2, -0.15) is 0 Å². The molecular weight excluding hydrogens is 302 g/mol. The third-order valence-electron chi connectivity index (χ3n) is 4.53. The SMILES string of the molecule is CCCCCCCC(O)CCC(=O)OC[NH+](CCCC)CCCC. The lowest BCUT2D eigenvalue weighted by Crippen LogP contribution is -3.12. The van der Waals surface area contributed by atoms with Gasteiger partial charge >= 0.3 is 5.97 Å². The second-order valence-corrected chi connectivity index (χ2v) is 7.01. The molecule has 0 aromatic heterocycles. The first-order chi connectivity index (χ1) is 11.6. The maximum atomic E-state index is 11.9. The van der Waals surface area contributed by atoms with Crippen LogP contribution in [-0.4, -0.2) is 37.0 Å². The summed E-state index contributed by atoms with van der Waals surface area (Å²) in [5.74, 6) is -0.162. The molecule has 1 unspecified atom stereocenters. The number of esters is 1. The van der Waals surface area contributed by atoms with E-state index in [0.717, 1.165) is 25.9 Å². The summed E-state index contributed by atoms with van der Waals surface area (Å²) in [6, 6.07) is 0. The maximum absolute atomic E-state index is 11.9. The van der Waals surface area contributed by atoms with Gasteiger partial charge in [-0.25, -0.2) is 0 Å². The van der Waals surface area contributed by atoms with Crippen LogP contribution in [0.2, 0.25) is 0 Å².